The Morgan fingerprint density at radius 3 is 2.50 bits per heavy atom. The van der Waals surface area contributed by atoms with Crippen LogP contribution < -0.4 is 0 Å². The van der Waals surface area contributed by atoms with E-state index >= 15 is 0 Å². The lowest BCUT2D eigenvalue weighted by molar-refractivity contribution is -0.143. The largest absolute Gasteiger partial charge is 0.481 e. The molecule has 0 bridgehead atoms. The van der Waals surface area contributed by atoms with Crippen LogP contribution in [0.4, 0.5) is 0 Å². The SMILES string of the molecule is Cc1ccc(-c2nc(COCC3CCCC(COCC(C)C(=O)O)C3)c(C)o2)cc1. The van der Waals surface area contributed by atoms with E-state index in [0.29, 0.717) is 37.5 Å². The number of ether oxygens (including phenoxy) is 2. The Morgan fingerprint density at radius 2 is 1.83 bits per heavy atom. The molecular weight excluding hydrogens is 382 g/mol. The van der Waals surface area contributed by atoms with E-state index in [1.54, 1.807) is 6.92 Å². The van der Waals surface area contributed by atoms with Crippen molar-refractivity contribution in [2.24, 2.45) is 17.8 Å². The number of aryl methyl sites for hydroxylation is 2. The minimum Gasteiger partial charge on any atom is -0.481 e. The van der Waals surface area contributed by atoms with Gasteiger partial charge in [0.2, 0.25) is 5.89 Å². The van der Waals surface area contributed by atoms with Gasteiger partial charge in [0.1, 0.15) is 11.5 Å². The molecule has 1 aromatic carbocycles. The van der Waals surface area contributed by atoms with Crippen LogP contribution >= 0.6 is 0 Å². The maximum atomic E-state index is 10.9. The first-order chi connectivity index (χ1) is 14.4. The summed E-state index contributed by atoms with van der Waals surface area (Å²) in [6.45, 7) is 7.73. The molecule has 1 aliphatic carbocycles. The van der Waals surface area contributed by atoms with Crippen molar-refractivity contribution >= 4 is 5.97 Å². The van der Waals surface area contributed by atoms with Crippen molar-refractivity contribution in [3.8, 4) is 11.5 Å². The molecule has 6 heteroatoms. The lowest BCUT2D eigenvalue weighted by Gasteiger charge is -2.29. The van der Waals surface area contributed by atoms with Crippen LogP contribution in [-0.4, -0.2) is 35.9 Å². The fraction of sp³-hybridized carbons (Fsp3) is 0.583. The van der Waals surface area contributed by atoms with Crippen LogP contribution in [0.3, 0.4) is 0 Å². The van der Waals surface area contributed by atoms with Crippen molar-refractivity contribution in [1.29, 1.82) is 0 Å². The molecule has 3 unspecified atom stereocenters. The van der Waals surface area contributed by atoms with Gasteiger partial charge in [-0.05, 0) is 64.0 Å². The summed E-state index contributed by atoms with van der Waals surface area (Å²) >= 11 is 0. The van der Waals surface area contributed by atoms with Crippen LogP contribution in [0.5, 0.6) is 0 Å². The molecule has 1 fully saturated rings. The van der Waals surface area contributed by atoms with Crippen LogP contribution in [0.2, 0.25) is 0 Å². The van der Waals surface area contributed by atoms with Gasteiger partial charge in [0.05, 0.1) is 19.1 Å². The monoisotopic (exact) mass is 415 g/mol. The second kappa shape index (κ2) is 10.7. The van der Waals surface area contributed by atoms with Gasteiger partial charge in [0, 0.05) is 18.8 Å². The summed E-state index contributed by atoms with van der Waals surface area (Å²) in [5.74, 6) is 1.16. The van der Waals surface area contributed by atoms with Crippen LogP contribution in [0.25, 0.3) is 11.5 Å². The van der Waals surface area contributed by atoms with Crippen molar-refractivity contribution in [3.05, 3.63) is 41.3 Å². The molecule has 1 heterocycles. The van der Waals surface area contributed by atoms with Gasteiger partial charge in [0.25, 0.3) is 0 Å². The molecule has 2 aromatic rings. The number of rotatable bonds is 10. The third-order valence-electron chi connectivity index (χ3n) is 5.82. The third kappa shape index (κ3) is 6.41. The summed E-state index contributed by atoms with van der Waals surface area (Å²) in [6.07, 6.45) is 4.53. The van der Waals surface area contributed by atoms with E-state index in [-0.39, 0.29) is 6.61 Å². The minimum atomic E-state index is -0.807. The summed E-state index contributed by atoms with van der Waals surface area (Å²) in [4.78, 5) is 15.5. The highest BCUT2D eigenvalue weighted by atomic mass is 16.5. The molecule has 3 rings (SSSR count). The lowest BCUT2D eigenvalue weighted by Crippen LogP contribution is -2.25. The zero-order chi connectivity index (χ0) is 21.5. The number of benzene rings is 1. The minimum absolute atomic E-state index is 0.280. The molecule has 0 spiro atoms. The van der Waals surface area contributed by atoms with Crippen molar-refractivity contribution in [2.75, 3.05) is 19.8 Å². The number of carbonyl (C=O) groups is 1. The average molecular weight is 416 g/mol. The van der Waals surface area contributed by atoms with Gasteiger partial charge in [-0.3, -0.25) is 4.79 Å². The molecule has 3 atom stereocenters. The van der Waals surface area contributed by atoms with Crippen molar-refractivity contribution in [1.82, 2.24) is 4.98 Å². The Labute approximate surface area is 178 Å². The molecule has 1 aliphatic rings. The van der Waals surface area contributed by atoms with Crippen LogP contribution in [0.15, 0.2) is 28.7 Å². The summed E-state index contributed by atoms with van der Waals surface area (Å²) in [7, 11) is 0. The number of aliphatic carboxylic acids is 1. The molecule has 164 valence electrons. The summed E-state index contributed by atoms with van der Waals surface area (Å²) < 4.78 is 17.5. The lowest BCUT2D eigenvalue weighted by atomic mass is 9.82. The first-order valence-electron chi connectivity index (χ1n) is 10.8. The van der Waals surface area contributed by atoms with E-state index in [2.05, 4.69) is 24.0 Å². The zero-order valence-electron chi connectivity index (χ0n) is 18.2. The molecule has 0 aliphatic heterocycles. The normalized spacial score (nSPS) is 20.2. The van der Waals surface area contributed by atoms with E-state index in [9.17, 15) is 4.79 Å². The Morgan fingerprint density at radius 1 is 1.17 bits per heavy atom. The Kier molecular flexibility index (Phi) is 8.05. The molecule has 30 heavy (non-hydrogen) atoms. The Bertz CT molecular complexity index is 814. The molecule has 0 radical (unpaired) electrons. The van der Waals surface area contributed by atoms with Gasteiger partial charge in [-0.2, -0.15) is 0 Å². The van der Waals surface area contributed by atoms with Crippen LogP contribution in [0, 0.1) is 31.6 Å². The second-order valence-corrected chi connectivity index (χ2v) is 8.58. The van der Waals surface area contributed by atoms with E-state index < -0.39 is 11.9 Å². The molecule has 0 saturated heterocycles. The van der Waals surface area contributed by atoms with Gasteiger partial charge < -0.3 is 19.0 Å². The summed E-state index contributed by atoms with van der Waals surface area (Å²) in [6, 6.07) is 8.15. The highest BCUT2D eigenvalue weighted by Gasteiger charge is 2.23. The predicted octanol–water partition coefficient (Wildman–Crippen LogP) is 5.02. The van der Waals surface area contributed by atoms with E-state index in [4.69, 9.17) is 19.0 Å². The number of carboxylic acid groups (broad SMARTS) is 1. The van der Waals surface area contributed by atoms with Gasteiger partial charge in [-0.1, -0.05) is 24.1 Å². The van der Waals surface area contributed by atoms with E-state index in [1.165, 1.54) is 5.56 Å². The molecule has 1 N–H and O–H groups in total. The second-order valence-electron chi connectivity index (χ2n) is 8.58. The molecule has 1 aromatic heterocycles. The van der Waals surface area contributed by atoms with Gasteiger partial charge >= 0.3 is 5.97 Å². The maximum absolute atomic E-state index is 10.9. The first-order valence-corrected chi connectivity index (χ1v) is 10.8. The smallest absolute Gasteiger partial charge is 0.308 e. The number of hydrogen-bond acceptors (Lipinski definition) is 5. The fourth-order valence-corrected chi connectivity index (χ4v) is 3.89. The molecule has 1 saturated carbocycles. The average Bonchev–Trinajstić information content (AvgIpc) is 3.09. The Hall–Kier alpha value is -2.18. The first kappa shape index (κ1) is 22.5. The molecular formula is C24H33NO5. The number of carboxylic acids is 1. The van der Waals surface area contributed by atoms with Gasteiger partial charge in [-0.15, -0.1) is 0 Å². The van der Waals surface area contributed by atoms with Crippen molar-refractivity contribution < 1.29 is 23.8 Å². The quantitative estimate of drug-likeness (QED) is 0.587. The summed E-state index contributed by atoms with van der Waals surface area (Å²) in [5.41, 5.74) is 3.03. The van der Waals surface area contributed by atoms with Gasteiger partial charge in [-0.25, -0.2) is 4.98 Å². The summed E-state index contributed by atoms with van der Waals surface area (Å²) in [5, 5.41) is 8.94. The topological polar surface area (TPSA) is 81.8 Å². The van der Waals surface area contributed by atoms with E-state index in [0.717, 1.165) is 42.7 Å². The fourth-order valence-electron chi connectivity index (χ4n) is 3.89. The van der Waals surface area contributed by atoms with Crippen LogP contribution in [0.1, 0.15) is 49.6 Å². The number of nitrogens with zero attached hydrogens (tertiary/aromatic N) is 1. The third-order valence-corrected chi connectivity index (χ3v) is 5.82. The van der Waals surface area contributed by atoms with Crippen molar-refractivity contribution in [2.45, 2.75) is 53.1 Å². The highest BCUT2D eigenvalue weighted by molar-refractivity contribution is 5.69. The van der Waals surface area contributed by atoms with Crippen molar-refractivity contribution in [3.63, 3.8) is 0 Å². The standard InChI is InChI=1S/C24H33NO5/c1-16-7-9-21(10-8-16)23-25-22(18(3)30-23)15-29-14-20-6-4-5-19(11-20)13-28-12-17(2)24(26)27/h7-10,17,19-20H,4-6,11-15H2,1-3H3,(H,26,27). The highest BCUT2D eigenvalue weighted by Crippen LogP contribution is 2.30. The molecule has 6 nitrogen and oxygen atoms in total. The van der Waals surface area contributed by atoms with Crippen LogP contribution in [-0.2, 0) is 20.9 Å². The molecule has 0 amide bonds. The number of hydrogen-bond donors (Lipinski definition) is 1. The number of aromatic nitrogens is 1. The predicted molar refractivity (Wildman–Crippen MR) is 114 cm³/mol. The zero-order valence-corrected chi connectivity index (χ0v) is 18.2. The van der Waals surface area contributed by atoms with E-state index in [1.807, 2.05) is 19.1 Å². The maximum Gasteiger partial charge on any atom is 0.308 e. The Balaban J connectivity index is 1.42. The number of oxazole rings is 1. The van der Waals surface area contributed by atoms with Gasteiger partial charge in [0.15, 0.2) is 0 Å².